The third-order valence-corrected chi connectivity index (χ3v) is 3.54. The van der Waals surface area contributed by atoms with Crippen molar-refractivity contribution in [1.29, 1.82) is 0 Å². The zero-order valence-corrected chi connectivity index (χ0v) is 15.4. The predicted molar refractivity (Wildman–Crippen MR) is 100 cm³/mol. The van der Waals surface area contributed by atoms with Crippen LogP contribution in [-0.4, -0.2) is 28.5 Å². The van der Waals surface area contributed by atoms with Gasteiger partial charge in [0.2, 0.25) is 0 Å². The van der Waals surface area contributed by atoms with Gasteiger partial charge in [-0.2, -0.15) is 0 Å². The standard InChI is InChI=1S/C18H22N4O4/c1-11-6-7-12(22(24)25)10-14(11)20-13-8-9-19-16(21-18(2,3)4)15(13)17(23)26-5/h6-10H,1-5H3,(H2,19,20,21). The molecule has 0 aliphatic carbocycles. The molecule has 138 valence electrons. The Morgan fingerprint density at radius 3 is 2.50 bits per heavy atom. The minimum absolute atomic E-state index is 0.0418. The number of nitrogens with zero attached hydrogens (tertiary/aromatic N) is 2. The van der Waals surface area contributed by atoms with Gasteiger partial charge < -0.3 is 15.4 Å². The number of hydrogen-bond donors (Lipinski definition) is 2. The number of anilines is 3. The average molecular weight is 358 g/mol. The zero-order valence-electron chi connectivity index (χ0n) is 15.4. The number of nitrogens with one attached hydrogen (secondary N) is 2. The van der Waals surface area contributed by atoms with Gasteiger partial charge in [-0.15, -0.1) is 0 Å². The number of pyridine rings is 1. The highest BCUT2D eigenvalue weighted by Gasteiger charge is 2.22. The Kier molecular flexibility index (Phi) is 5.44. The number of methoxy groups -OCH3 is 1. The van der Waals surface area contributed by atoms with E-state index in [1.54, 1.807) is 18.3 Å². The minimum Gasteiger partial charge on any atom is -0.465 e. The molecule has 0 unspecified atom stereocenters. The Balaban J connectivity index is 2.53. The molecule has 2 rings (SSSR count). The van der Waals surface area contributed by atoms with E-state index in [0.29, 0.717) is 17.2 Å². The number of aromatic nitrogens is 1. The van der Waals surface area contributed by atoms with Crippen molar-refractivity contribution in [2.45, 2.75) is 33.2 Å². The second-order valence-electron chi connectivity index (χ2n) is 6.83. The van der Waals surface area contributed by atoms with Gasteiger partial charge in [-0.25, -0.2) is 9.78 Å². The van der Waals surface area contributed by atoms with Crippen LogP contribution in [0.5, 0.6) is 0 Å². The normalized spacial score (nSPS) is 11.0. The molecule has 1 heterocycles. The summed E-state index contributed by atoms with van der Waals surface area (Å²) >= 11 is 0. The van der Waals surface area contributed by atoms with E-state index in [9.17, 15) is 14.9 Å². The Labute approximate surface area is 151 Å². The summed E-state index contributed by atoms with van der Waals surface area (Å²) in [4.78, 5) is 27.1. The summed E-state index contributed by atoms with van der Waals surface area (Å²) in [6.07, 6.45) is 1.55. The van der Waals surface area contributed by atoms with Crippen molar-refractivity contribution in [1.82, 2.24) is 4.98 Å². The van der Waals surface area contributed by atoms with Crippen LogP contribution < -0.4 is 10.6 Å². The molecule has 0 aliphatic heterocycles. The molecule has 0 spiro atoms. The van der Waals surface area contributed by atoms with Crippen molar-refractivity contribution in [2.24, 2.45) is 0 Å². The summed E-state index contributed by atoms with van der Waals surface area (Å²) in [5, 5.41) is 17.3. The molecule has 8 nitrogen and oxygen atoms in total. The number of aryl methyl sites for hydroxylation is 1. The third-order valence-electron chi connectivity index (χ3n) is 3.54. The zero-order chi connectivity index (χ0) is 19.5. The molecule has 0 fully saturated rings. The quantitative estimate of drug-likeness (QED) is 0.472. The van der Waals surface area contributed by atoms with Crippen LogP contribution in [0.1, 0.15) is 36.7 Å². The van der Waals surface area contributed by atoms with E-state index in [1.807, 2.05) is 27.7 Å². The summed E-state index contributed by atoms with van der Waals surface area (Å²) in [5.74, 6) is -0.187. The number of ether oxygens (including phenoxy) is 1. The van der Waals surface area contributed by atoms with Crippen LogP contribution in [0.15, 0.2) is 30.5 Å². The van der Waals surface area contributed by atoms with Gasteiger partial charge >= 0.3 is 5.97 Å². The van der Waals surface area contributed by atoms with Crippen molar-refractivity contribution in [2.75, 3.05) is 17.7 Å². The van der Waals surface area contributed by atoms with Crippen molar-refractivity contribution < 1.29 is 14.5 Å². The highest BCUT2D eigenvalue weighted by Crippen LogP contribution is 2.31. The van der Waals surface area contributed by atoms with E-state index in [-0.39, 0.29) is 16.8 Å². The second kappa shape index (κ2) is 7.38. The molecule has 1 aromatic heterocycles. The van der Waals surface area contributed by atoms with E-state index >= 15 is 0 Å². The van der Waals surface area contributed by atoms with E-state index in [1.165, 1.54) is 19.2 Å². The molecule has 0 radical (unpaired) electrons. The van der Waals surface area contributed by atoms with E-state index < -0.39 is 10.9 Å². The highest BCUT2D eigenvalue weighted by molar-refractivity contribution is 6.01. The number of hydrogen-bond acceptors (Lipinski definition) is 7. The summed E-state index contributed by atoms with van der Waals surface area (Å²) in [6, 6.07) is 6.13. The fraction of sp³-hybridized carbons (Fsp3) is 0.333. The van der Waals surface area contributed by atoms with Gasteiger partial charge in [0.15, 0.2) is 0 Å². The van der Waals surface area contributed by atoms with Crippen LogP contribution in [0.2, 0.25) is 0 Å². The van der Waals surface area contributed by atoms with Gasteiger partial charge in [-0.3, -0.25) is 10.1 Å². The van der Waals surface area contributed by atoms with E-state index in [2.05, 4.69) is 15.6 Å². The predicted octanol–water partition coefficient (Wildman–Crippen LogP) is 4.04. The number of benzene rings is 1. The molecule has 2 N–H and O–H groups in total. The van der Waals surface area contributed by atoms with Gasteiger partial charge in [0.1, 0.15) is 11.4 Å². The molecule has 8 heteroatoms. The van der Waals surface area contributed by atoms with Crippen molar-refractivity contribution in [3.05, 3.63) is 51.7 Å². The summed E-state index contributed by atoms with van der Waals surface area (Å²) in [7, 11) is 1.29. The van der Waals surface area contributed by atoms with Crippen LogP contribution in [0.25, 0.3) is 0 Å². The Hall–Kier alpha value is -3.16. The van der Waals surface area contributed by atoms with Crippen LogP contribution in [0.4, 0.5) is 22.9 Å². The number of esters is 1. The summed E-state index contributed by atoms with van der Waals surface area (Å²) in [6.45, 7) is 7.65. The SMILES string of the molecule is COC(=O)c1c(Nc2cc([N+](=O)[O-])ccc2C)ccnc1NC(C)(C)C. The van der Waals surface area contributed by atoms with Crippen LogP contribution in [-0.2, 0) is 4.74 Å². The van der Waals surface area contributed by atoms with Gasteiger partial charge in [0.05, 0.1) is 17.7 Å². The number of nitro benzene ring substituents is 1. The smallest absolute Gasteiger partial charge is 0.343 e. The topological polar surface area (TPSA) is 106 Å². The summed E-state index contributed by atoms with van der Waals surface area (Å²) in [5.41, 5.74) is 1.64. The lowest BCUT2D eigenvalue weighted by Gasteiger charge is -2.24. The Bertz CT molecular complexity index is 844. The summed E-state index contributed by atoms with van der Waals surface area (Å²) < 4.78 is 4.89. The molecule has 0 aliphatic rings. The molecule has 0 amide bonds. The lowest BCUT2D eigenvalue weighted by molar-refractivity contribution is -0.384. The van der Waals surface area contributed by atoms with Gasteiger partial charge in [-0.1, -0.05) is 6.07 Å². The highest BCUT2D eigenvalue weighted by atomic mass is 16.6. The second-order valence-corrected chi connectivity index (χ2v) is 6.83. The number of carbonyl (C=O) groups is 1. The van der Waals surface area contributed by atoms with Crippen molar-refractivity contribution in [3.8, 4) is 0 Å². The van der Waals surface area contributed by atoms with Crippen LogP contribution >= 0.6 is 0 Å². The van der Waals surface area contributed by atoms with Gasteiger partial charge in [0.25, 0.3) is 5.69 Å². The molecule has 0 atom stereocenters. The number of nitro groups is 1. The minimum atomic E-state index is -0.560. The maximum Gasteiger partial charge on any atom is 0.343 e. The van der Waals surface area contributed by atoms with Crippen molar-refractivity contribution >= 4 is 28.8 Å². The first-order valence-corrected chi connectivity index (χ1v) is 8.00. The molecular weight excluding hydrogens is 336 g/mol. The fourth-order valence-corrected chi connectivity index (χ4v) is 2.33. The molecule has 1 aromatic carbocycles. The van der Waals surface area contributed by atoms with E-state index in [4.69, 9.17) is 4.74 Å². The average Bonchev–Trinajstić information content (AvgIpc) is 2.54. The van der Waals surface area contributed by atoms with Crippen LogP contribution in [0.3, 0.4) is 0 Å². The maximum atomic E-state index is 12.3. The fourth-order valence-electron chi connectivity index (χ4n) is 2.33. The first-order valence-electron chi connectivity index (χ1n) is 8.00. The molecular formula is C18H22N4O4. The lowest BCUT2D eigenvalue weighted by Crippen LogP contribution is -2.28. The maximum absolute atomic E-state index is 12.3. The lowest BCUT2D eigenvalue weighted by atomic mass is 10.1. The van der Waals surface area contributed by atoms with Crippen LogP contribution in [0, 0.1) is 17.0 Å². The molecule has 2 aromatic rings. The Morgan fingerprint density at radius 1 is 1.23 bits per heavy atom. The first-order chi connectivity index (χ1) is 12.1. The molecule has 0 bridgehead atoms. The number of carbonyl (C=O) groups excluding carboxylic acids is 1. The molecule has 26 heavy (non-hydrogen) atoms. The van der Waals surface area contributed by atoms with Gasteiger partial charge in [0, 0.05) is 29.6 Å². The number of non-ortho nitro benzene ring substituents is 1. The monoisotopic (exact) mass is 358 g/mol. The number of rotatable bonds is 5. The van der Waals surface area contributed by atoms with Crippen molar-refractivity contribution in [3.63, 3.8) is 0 Å². The molecule has 0 saturated heterocycles. The largest absolute Gasteiger partial charge is 0.465 e. The first kappa shape index (κ1) is 19.2. The molecule has 0 saturated carbocycles. The van der Waals surface area contributed by atoms with E-state index in [0.717, 1.165) is 5.56 Å². The van der Waals surface area contributed by atoms with Gasteiger partial charge in [-0.05, 0) is 39.3 Å². The Morgan fingerprint density at radius 2 is 1.92 bits per heavy atom. The third kappa shape index (κ3) is 4.47.